The van der Waals surface area contributed by atoms with Gasteiger partial charge in [-0.25, -0.2) is 9.78 Å². The number of halogens is 2. The molecule has 1 aromatic heterocycles. The number of nitrogens with zero attached hydrogens (tertiary/aromatic N) is 4. The number of hydrogen-bond donors (Lipinski definition) is 1. The van der Waals surface area contributed by atoms with E-state index in [1.54, 1.807) is 7.05 Å². The Bertz CT molecular complexity index is 731. The number of alkyl halides is 2. The molecule has 2 amide bonds. The standard InChI is InChI=1S/C19H25F2N5O/c1-24(14-17-22-9-12-26(17)18(20)21)19(27)23-13-16(25-10-5-6-11-25)15-7-3-2-4-8-15/h2-4,7-9,12,16,18H,5-6,10-11,13-14H2,1H3,(H,23,27). The third kappa shape index (κ3) is 4.82. The predicted molar refractivity (Wildman–Crippen MR) is 98.3 cm³/mol. The molecule has 1 unspecified atom stereocenters. The second-order valence-electron chi connectivity index (χ2n) is 6.74. The fraction of sp³-hybridized carbons (Fsp3) is 0.474. The topological polar surface area (TPSA) is 53.4 Å². The Morgan fingerprint density at radius 1 is 1.26 bits per heavy atom. The summed E-state index contributed by atoms with van der Waals surface area (Å²) in [5, 5.41) is 2.94. The Balaban J connectivity index is 1.60. The van der Waals surface area contributed by atoms with Crippen LogP contribution in [0.4, 0.5) is 13.6 Å². The lowest BCUT2D eigenvalue weighted by atomic mass is 10.1. The summed E-state index contributed by atoms with van der Waals surface area (Å²) in [6.07, 6.45) is 4.84. The van der Waals surface area contributed by atoms with Crippen molar-refractivity contribution < 1.29 is 13.6 Å². The van der Waals surface area contributed by atoms with E-state index in [0.717, 1.165) is 36.1 Å². The highest BCUT2D eigenvalue weighted by atomic mass is 19.3. The molecular weight excluding hydrogens is 352 g/mol. The second kappa shape index (κ2) is 8.94. The number of carbonyl (C=O) groups is 1. The normalized spacial score (nSPS) is 15.9. The number of nitrogens with one attached hydrogen (secondary N) is 1. The summed E-state index contributed by atoms with van der Waals surface area (Å²) in [4.78, 5) is 20.1. The smallest absolute Gasteiger partial charge is 0.319 e. The maximum atomic E-state index is 12.9. The van der Waals surface area contributed by atoms with Crippen LogP contribution in [-0.4, -0.2) is 52.1 Å². The van der Waals surface area contributed by atoms with Crippen LogP contribution >= 0.6 is 0 Å². The third-order valence-electron chi connectivity index (χ3n) is 4.90. The van der Waals surface area contributed by atoms with E-state index in [1.165, 1.54) is 17.3 Å². The zero-order chi connectivity index (χ0) is 19.2. The lowest BCUT2D eigenvalue weighted by molar-refractivity contribution is 0.0650. The number of hydrogen-bond acceptors (Lipinski definition) is 3. The highest BCUT2D eigenvalue weighted by molar-refractivity contribution is 5.73. The predicted octanol–water partition coefficient (Wildman–Crippen LogP) is 3.26. The summed E-state index contributed by atoms with van der Waals surface area (Å²) in [6, 6.07) is 9.90. The van der Waals surface area contributed by atoms with Crippen molar-refractivity contribution in [3.8, 4) is 0 Å². The first-order valence-electron chi connectivity index (χ1n) is 9.14. The van der Waals surface area contributed by atoms with Crippen LogP contribution in [0.15, 0.2) is 42.7 Å². The van der Waals surface area contributed by atoms with Crippen molar-refractivity contribution in [1.82, 2.24) is 24.7 Å². The van der Waals surface area contributed by atoms with E-state index in [9.17, 15) is 13.6 Å². The monoisotopic (exact) mass is 377 g/mol. The van der Waals surface area contributed by atoms with Crippen molar-refractivity contribution in [1.29, 1.82) is 0 Å². The van der Waals surface area contributed by atoms with Gasteiger partial charge in [-0.1, -0.05) is 30.3 Å². The van der Waals surface area contributed by atoms with Crippen LogP contribution in [0.3, 0.4) is 0 Å². The molecule has 8 heteroatoms. The van der Waals surface area contributed by atoms with Crippen LogP contribution in [-0.2, 0) is 6.54 Å². The summed E-state index contributed by atoms with van der Waals surface area (Å²) in [5.74, 6) is 0.154. The fourth-order valence-corrected chi connectivity index (χ4v) is 3.43. The molecule has 1 aromatic carbocycles. The molecule has 1 aliphatic rings. The van der Waals surface area contributed by atoms with Crippen LogP contribution in [0.5, 0.6) is 0 Å². The average Bonchev–Trinajstić information content (AvgIpc) is 3.34. The number of rotatable bonds is 7. The minimum Gasteiger partial charge on any atom is -0.336 e. The molecule has 0 saturated carbocycles. The van der Waals surface area contributed by atoms with Crippen LogP contribution in [0.1, 0.15) is 36.8 Å². The van der Waals surface area contributed by atoms with Gasteiger partial charge in [0.1, 0.15) is 5.82 Å². The van der Waals surface area contributed by atoms with Gasteiger partial charge < -0.3 is 10.2 Å². The minimum atomic E-state index is -2.67. The third-order valence-corrected chi connectivity index (χ3v) is 4.90. The minimum absolute atomic E-state index is 0.0168. The largest absolute Gasteiger partial charge is 0.336 e. The SMILES string of the molecule is CN(Cc1nccn1C(F)F)C(=O)NCC(c1ccccc1)N1CCCC1. The number of aromatic nitrogens is 2. The van der Waals surface area contributed by atoms with E-state index in [4.69, 9.17) is 0 Å². The van der Waals surface area contributed by atoms with Gasteiger partial charge in [0.05, 0.1) is 12.6 Å². The number of benzene rings is 1. The zero-order valence-electron chi connectivity index (χ0n) is 15.4. The van der Waals surface area contributed by atoms with Crippen LogP contribution in [0.2, 0.25) is 0 Å². The molecular formula is C19H25F2N5O. The molecule has 146 valence electrons. The van der Waals surface area contributed by atoms with E-state index in [2.05, 4.69) is 27.3 Å². The van der Waals surface area contributed by atoms with Gasteiger partial charge in [-0.2, -0.15) is 8.78 Å². The van der Waals surface area contributed by atoms with Crippen molar-refractivity contribution in [3.05, 3.63) is 54.1 Å². The van der Waals surface area contributed by atoms with Gasteiger partial charge in [-0.3, -0.25) is 9.47 Å². The Hall–Kier alpha value is -2.48. The Morgan fingerprint density at radius 2 is 1.96 bits per heavy atom. The van der Waals surface area contributed by atoms with E-state index in [1.807, 2.05) is 18.2 Å². The maximum Gasteiger partial charge on any atom is 0.319 e. The number of urea groups is 1. The van der Waals surface area contributed by atoms with E-state index < -0.39 is 6.55 Å². The van der Waals surface area contributed by atoms with Gasteiger partial charge in [0.15, 0.2) is 0 Å². The molecule has 6 nitrogen and oxygen atoms in total. The fourth-order valence-electron chi connectivity index (χ4n) is 3.43. The molecule has 0 aliphatic carbocycles. The molecule has 2 heterocycles. The molecule has 1 aliphatic heterocycles. The second-order valence-corrected chi connectivity index (χ2v) is 6.74. The number of amides is 2. The lowest BCUT2D eigenvalue weighted by Crippen LogP contribution is -2.42. The van der Waals surface area contributed by atoms with Gasteiger partial charge in [-0.15, -0.1) is 0 Å². The number of carbonyl (C=O) groups excluding carboxylic acids is 1. The van der Waals surface area contributed by atoms with Crippen LogP contribution < -0.4 is 5.32 Å². The molecule has 1 fully saturated rings. The molecule has 1 saturated heterocycles. The molecule has 2 aromatic rings. The van der Waals surface area contributed by atoms with Crippen molar-refractivity contribution in [2.45, 2.75) is 32.0 Å². The summed E-state index contributed by atoms with van der Waals surface area (Å²) < 4.78 is 26.6. The van der Waals surface area contributed by atoms with E-state index >= 15 is 0 Å². The lowest BCUT2D eigenvalue weighted by Gasteiger charge is -2.29. The summed E-state index contributed by atoms with van der Waals surface area (Å²) in [7, 11) is 1.58. The van der Waals surface area contributed by atoms with Gasteiger partial charge in [0.25, 0.3) is 0 Å². The number of imidazole rings is 1. The van der Waals surface area contributed by atoms with Crippen molar-refractivity contribution >= 4 is 6.03 Å². The summed E-state index contributed by atoms with van der Waals surface area (Å²) >= 11 is 0. The molecule has 1 N–H and O–H groups in total. The first kappa shape index (κ1) is 19.3. The van der Waals surface area contributed by atoms with Crippen molar-refractivity contribution in [2.24, 2.45) is 0 Å². The molecule has 3 rings (SSSR count). The Labute approximate surface area is 157 Å². The molecule has 27 heavy (non-hydrogen) atoms. The van der Waals surface area contributed by atoms with Crippen molar-refractivity contribution in [3.63, 3.8) is 0 Å². The van der Waals surface area contributed by atoms with Crippen LogP contribution in [0, 0.1) is 0 Å². The highest BCUT2D eigenvalue weighted by Gasteiger charge is 2.24. The van der Waals surface area contributed by atoms with Gasteiger partial charge in [-0.05, 0) is 31.5 Å². The van der Waals surface area contributed by atoms with Gasteiger partial charge in [0, 0.05) is 26.0 Å². The van der Waals surface area contributed by atoms with E-state index in [-0.39, 0.29) is 24.4 Å². The quantitative estimate of drug-likeness (QED) is 0.806. The molecule has 0 radical (unpaired) electrons. The maximum absolute atomic E-state index is 12.9. The van der Waals surface area contributed by atoms with Gasteiger partial charge >= 0.3 is 12.6 Å². The summed E-state index contributed by atoms with van der Waals surface area (Å²) in [5.41, 5.74) is 1.16. The van der Waals surface area contributed by atoms with Crippen molar-refractivity contribution in [2.75, 3.05) is 26.7 Å². The molecule has 1 atom stereocenters. The average molecular weight is 377 g/mol. The van der Waals surface area contributed by atoms with Gasteiger partial charge in [0.2, 0.25) is 0 Å². The molecule has 0 bridgehead atoms. The number of likely N-dealkylation sites (tertiary alicyclic amines) is 1. The van der Waals surface area contributed by atoms with E-state index in [0.29, 0.717) is 6.54 Å². The summed E-state index contributed by atoms with van der Waals surface area (Å²) in [6.45, 7) is -0.162. The van der Waals surface area contributed by atoms with Crippen LogP contribution in [0.25, 0.3) is 0 Å². The first-order chi connectivity index (χ1) is 13.1. The zero-order valence-corrected chi connectivity index (χ0v) is 15.4. The first-order valence-corrected chi connectivity index (χ1v) is 9.14. The Kier molecular flexibility index (Phi) is 6.39. The highest BCUT2D eigenvalue weighted by Crippen LogP contribution is 2.24. The Morgan fingerprint density at radius 3 is 2.63 bits per heavy atom. The molecule has 0 spiro atoms.